The predicted octanol–water partition coefficient (Wildman–Crippen LogP) is 7.00. The standard InChI is InChI=1S/C24H41N/c1-18-16-20(23(5,6)7)21(25-14-10-11-15-25)17-19(18)24(8,9)13-12-22(2,3)4/h16-17H,10-15H2,1-9H3. The van der Waals surface area contributed by atoms with E-state index in [-0.39, 0.29) is 10.8 Å². The van der Waals surface area contributed by atoms with E-state index in [1.807, 2.05) is 0 Å². The Kier molecular flexibility index (Phi) is 5.67. The van der Waals surface area contributed by atoms with Crippen molar-refractivity contribution in [2.24, 2.45) is 5.41 Å². The molecule has 0 amide bonds. The molecule has 1 saturated heterocycles. The van der Waals surface area contributed by atoms with Gasteiger partial charge in [-0.15, -0.1) is 0 Å². The van der Waals surface area contributed by atoms with Crippen molar-refractivity contribution in [1.29, 1.82) is 0 Å². The SMILES string of the molecule is Cc1cc(C(C)(C)C)c(N2CCCC2)cc1C(C)(C)CCC(C)(C)C. The fraction of sp³-hybridized carbons (Fsp3) is 0.750. The summed E-state index contributed by atoms with van der Waals surface area (Å²) in [6.45, 7) is 23.7. The molecule has 1 aromatic carbocycles. The molecule has 0 aliphatic carbocycles. The largest absolute Gasteiger partial charge is 0.371 e. The lowest BCUT2D eigenvalue weighted by Gasteiger charge is -2.35. The van der Waals surface area contributed by atoms with Crippen LogP contribution < -0.4 is 4.90 Å². The molecule has 1 fully saturated rings. The minimum Gasteiger partial charge on any atom is -0.371 e. The van der Waals surface area contributed by atoms with Crippen LogP contribution in [0.5, 0.6) is 0 Å². The third-order valence-electron chi connectivity index (χ3n) is 5.83. The zero-order valence-corrected chi connectivity index (χ0v) is 18.3. The zero-order valence-electron chi connectivity index (χ0n) is 18.3. The minimum absolute atomic E-state index is 0.191. The summed E-state index contributed by atoms with van der Waals surface area (Å²) in [5.41, 5.74) is 6.84. The summed E-state index contributed by atoms with van der Waals surface area (Å²) < 4.78 is 0. The number of rotatable bonds is 4. The third kappa shape index (κ3) is 5.02. The molecule has 1 aliphatic heterocycles. The molecule has 1 nitrogen and oxygen atoms in total. The monoisotopic (exact) mass is 343 g/mol. The molecule has 2 rings (SSSR count). The van der Waals surface area contributed by atoms with Gasteiger partial charge >= 0.3 is 0 Å². The van der Waals surface area contributed by atoms with Gasteiger partial charge in [-0.2, -0.15) is 0 Å². The maximum atomic E-state index is 2.63. The lowest BCUT2D eigenvalue weighted by atomic mass is 9.73. The highest BCUT2D eigenvalue weighted by atomic mass is 15.1. The molecule has 0 N–H and O–H groups in total. The molecule has 1 heteroatoms. The first-order chi connectivity index (χ1) is 11.3. The van der Waals surface area contributed by atoms with Crippen LogP contribution in [0.3, 0.4) is 0 Å². The van der Waals surface area contributed by atoms with E-state index in [0.29, 0.717) is 5.41 Å². The summed E-state index contributed by atoms with van der Waals surface area (Å²) in [7, 11) is 0. The van der Waals surface area contributed by atoms with E-state index in [1.165, 1.54) is 55.6 Å². The van der Waals surface area contributed by atoms with Gasteiger partial charge in [-0.3, -0.25) is 0 Å². The number of hydrogen-bond acceptors (Lipinski definition) is 1. The number of anilines is 1. The van der Waals surface area contributed by atoms with Crippen LogP contribution in [0.1, 0.15) is 97.8 Å². The zero-order chi connectivity index (χ0) is 19.0. The van der Waals surface area contributed by atoms with Gasteiger partial charge in [0.15, 0.2) is 0 Å². The van der Waals surface area contributed by atoms with E-state index in [1.54, 1.807) is 5.56 Å². The molecule has 142 valence electrons. The van der Waals surface area contributed by atoms with Crippen molar-refractivity contribution in [3.63, 3.8) is 0 Å². The molecule has 25 heavy (non-hydrogen) atoms. The molecule has 1 aliphatic rings. The smallest absolute Gasteiger partial charge is 0.0407 e. The number of benzene rings is 1. The molecule has 0 saturated carbocycles. The first kappa shape index (κ1) is 20.3. The highest BCUT2D eigenvalue weighted by Crippen LogP contribution is 2.41. The van der Waals surface area contributed by atoms with E-state index in [2.05, 4.69) is 79.3 Å². The highest BCUT2D eigenvalue weighted by molar-refractivity contribution is 5.61. The Balaban J connectivity index is 2.46. The van der Waals surface area contributed by atoms with Gasteiger partial charge in [0.1, 0.15) is 0 Å². The Labute approximate surface area is 157 Å². The number of nitrogens with zero attached hydrogens (tertiary/aromatic N) is 1. The lowest BCUT2D eigenvalue weighted by Crippen LogP contribution is -2.27. The van der Waals surface area contributed by atoms with Crippen molar-refractivity contribution in [2.45, 2.75) is 98.8 Å². The average molecular weight is 344 g/mol. The third-order valence-corrected chi connectivity index (χ3v) is 5.83. The second-order valence-corrected chi connectivity index (χ2v) is 11.1. The van der Waals surface area contributed by atoms with Crippen molar-refractivity contribution >= 4 is 5.69 Å². The molecule has 0 aromatic heterocycles. The Morgan fingerprint density at radius 1 is 0.800 bits per heavy atom. The van der Waals surface area contributed by atoms with E-state index in [4.69, 9.17) is 0 Å². The van der Waals surface area contributed by atoms with Gasteiger partial charge in [-0.25, -0.2) is 0 Å². The van der Waals surface area contributed by atoms with Gasteiger partial charge in [0, 0.05) is 18.8 Å². The summed E-state index contributed by atoms with van der Waals surface area (Å²) in [4.78, 5) is 2.63. The van der Waals surface area contributed by atoms with Crippen molar-refractivity contribution in [3.8, 4) is 0 Å². The predicted molar refractivity (Wildman–Crippen MR) is 113 cm³/mol. The second kappa shape index (κ2) is 6.97. The minimum atomic E-state index is 0.191. The molecular weight excluding hydrogens is 302 g/mol. The van der Waals surface area contributed by atoms with Gasteiger partial charge in [0.05, 0.1) is 0 Å². The van der Waals surface area contributed by atoms with E-state index in [0.717, 1.165) is 0 Å². The van der Waals surface area contributed by atoms with Crippen LogP contribution >= 0.6 is 0 Å². The summed E-state index contributed by atoms with van der Waals surface area (Å²) in [5.74, 6) is 0. The topological polar surface area (TPSA) is 3.24 Å². The summed E-state index contributed by atoms with van der Waals surface area (Å²) >= 11 is 0. The Hall–Kier alpha value is -0.980. The van der Waals surface area contributed by atoms with E-state index in [9.17, 15) is 0 Å². The number of aryl methyl sites for hydroxylation is 1. The van der Waals surface area contributed by atoms with Crippen LogP contribution in [-0.2, 0) is 10.8 Å². The normalized spacial score (nSPS) is 16.6. The van der Waals surface area contributed by atoms with Gasteiger partial charge in [0.25, 0.3) is 0 Å². The van der Waals surface area contributed by atoms with Crippen LogP contribution in [0.2, 0.25) is 0 Å². The fourth-order valence-electron chi connectivity index (χ4n) is 4.07. The van der Waals surface area contributed by atoms with Crippen LogP contribution in [0.15, 0.2) is 12.1 Å². The molecule has 0 bridgehead atoms. The maximum Gasteiger partial charge on any atom is 0.0407 e. The molecule has 1 heterocycles. The van der Waals surface area contributed by atoms with Crippen molar-refractivity contribution in [3.05, 3.63) is 28.8 Å². The Morgan fingerprint density at radius 3 is 1.84 bits per heavy atom. The van der Waals surface area contributed by atoms with Crippen molar-refractivity contribution < 1.29 is 0 Å². The van der Waals surface area contributed by atoms with E-state index >= 15 is 0 Å². The summed E-state index contributed by atoms with van der Waals surface area (Å²) in [6.07, 6.45) is 5.17. The highest BCUT2D eigenvalue weighted by Gasteiger charge is 2.30. The summed E-state index contributed by atoms with van der Waals surface area (Å²) in [6, 6.07) is 5.03. The quantitative estimate of drug-likeness (QED) is 0.569. The number of hydrogen-bond donors (Lipinski definition) is 0. The lowest BCUT2D eigenvalue weighted by molar-refractivity contribution is 0.314. The first-order valence-corrected chi connectivity index (χ1v) is 10.2. The molecule has 0 radical (unpaired) electrons. The van der Waals surface area contributed by atoms with Gasteiger partial charge in [-0.05, 0) is 71.6 Å². The van der Waals surface area contributed by atoms with Gasteiger partial charge < -0.3 is 4.90 Å². The van der Waals surface area contributed by atoms with Gasteiger partial charge in [-0.1, -0.05) is 61.5 Å². The molecule has 0 spiro atoms. The average Bonchev–Trinajstić information content (AvgIpc) is 2.97. The maximum absolute atomic E-state index is 2.63. The molecule has 0 unspecified atom stereocenters. The summed E-state index contributed by atoms with van der Waals surface area (Å²) in [5, 5.41) is 0. The van der Waals surface area contributed by atoms with Crippen LogP contribution in [0.4, 0.5) is 5.69 Å². The fourth-order valence-corrected chi connectivity index (χ4v) is 4.07. The van der Waals surface area contributed by atoms with Crippen LogP contribution in [-0.4, -0.2) is 13.1 Å². The molecule has 0 atom stereocenters. The molecule has 1 aromatic rings. The first-order valence-electron chi connectivity index (χ1n) is 10.2. The molecular formula is C24H41N. The van der Waals surface area contributed by atoms with Crippen LogP contribution in [0.25, 0.3) is 0 Å². The van der Waals surface area contributed by atoms with Crippen molar-refractivity contribution in [2.75, 3.05) is 18.0 Å². The Morgan fingerprint density at radius 2 is 1.36 bits per heavy atom. The van der Waals surface area contributed by atoms with Gasteiger partial charge in [0.2, 0.25) is 0 Å². The Bertz CT molecular complexity index is 590. The van der Waals surface area contributed by atoms with Crippen LogP contribution in [0, 0.1) is 12.3 Å². The van der Waals surface area contributed by atoms with E-state index < -0.39 is 0 Å². The second-order valence-electron chi connectivity index (χ2n) is 11.1. The van der Waals surface area contributed by atoms with Crippen molar-refractivity contribution in [1.82, 2.24) is 0 Å².